The van der Waals surface area contributed by atoms with Crippen LogP contribution in [0.1, 0.15) is 30.9 Å². The number of halogens is 1. The molecule has 2 aliphatic heterocycles. The van der Waals surface area contributed by atoms with Gasteiger partial charge in [-0.3, -0.25) is 9.80 Å². The topological polar surface area (TPSA) is 30.0 Å². The van der Waals surface area contributed by atoms with Gasteiger partial charge in [-0.15, -0.1) is 0 Å². The average molecular weight is 414 g/mol. The van der Waals surface area contributed by atoms with Crippen LogP contribution in [0.3, 0.4) is 0 Å². The predicted octanol–water partition coefficient (Wildman–Crippen LogP) is 4.27. The van der Waals surface area contributed by atoms with Gasteiger partial charge in [0.15, 0.2) is 0 Å². The zero-order valence-electron chi connectivity index (χ0n) is 18.3. The third kappa shape index (κ3) is 5.73. The highest BCUT2D eigenvalue weighted by atomic mass is 19.1. The minimum atomic E-state index is -0.369. The van der Waals surface area contributed by atoms with Gasteiger partial charge in [-0.25, -0.2) is 4.39 Å². The van der Waals surface area contributed by atoms with Crippen molar-refractivity contribution >= 4 is 11.8 Å². The zero-order valence-corrected chi connectivity index (χ0v) is 18.3. The zero-order chi connectivity index (χ0) is 21.3. The van der Waals surface area contributed by atoms with E-state index >= 15 is 0 Å². The Balaban J connectivity index is 1.58. The lowest BCUT2D eigenvalue weighted by atomic mass is 9.99. The molecule has 0 amide bonds. The maximum atomic E-state index is 12.2. The van der Waals surface area contributed by atoms with E-state index in [2.05, 4.69) is 28.2 Å². The number of phenols is 1. The number of benzene rings is 1. The number of likely N-dealkylation sites (tertiary alicyclic amines) is 1. The van der Waals surface area contributed by atoms with Crippen molar-refractivity contribution in [1.29, 1.82) is 0 Å². The summed E-state index contributed by atoms with van der Waals surface area (Å²) < 4.78 is 12.2. The third-order valence-corrected chi connectivity index (χ3v) is 6.36. The molecule has 0 aliphatic carbocycles. The fraction of sp³-hybridized carbons (Fsp3) is 0.520. The Morgan fingerprint density at radius 2 is 1.83 bits per heavy atom. The summed E-state index contributed by atoms with van der Waals surface area (Å²) in [5.74, 6) is 0.322. The maximum Gasteiger partial charge on any atom is 0.118 e. The lowest BCUT2D eigenvalue weighted by molar-refractivity contribution is 0.109. The van der Waals surface area contributed by atoms with E-state index in [-0.39, 0.29) is 6.67 Å². The first-order valence-corrected chi connectivity index (χ1v) is 11.2. The van der Waals surface area contributed by atoms with Gasteiger partial charge < -0.3 is 10.0 Å². The van der Waals surface area contributed by atoms with Crippen molar-refractivity contribution in [3.05, 3.63) is 54.1 Å². The number of alkyl halides is 1. The Hall–Kier alpha value is -2.11. The van der Waals surface area contributed by atoms with E-state index in [0.717, 1.165) is 63.5 Å². The van der Waals surface area contributed by atoms with E-state index in [0.29, 0.717) is 11.8 Å². The second-order valence-corrected chi connectivity index (χ2v) is 8.16. The van der Waals surface area contributed by atoms with E-state index < -0.39 is 0 Å². The molecule has 4 nitrogen and oxygen atoms in total. The lowest BCUT2D eigenvalue weighted by Crippen LogP contribution is -2.53. The van der Waals surface area contributed by atoms with Crippen molar-refractivity contribution in [2.75, 3.05) is 57.4 Å². The van der Waals surface area contributed by atoms with E-state index in [1.807, 2.05) is 30.4 Å². The molecule has 0 unspecified atom stereocenters. The summed E-state index contributed by atoms with van der Waals surface area (Å²) in [6, 6.07) is 4.41. The summed E-state index contributed by atoms with van der Waals surface area (Å²) in [5.41, 5.74) is 3.52. The van der Waals surface area contributed by atoms with E-state index in [1.54, 1.807) is 12.2 Å². The summed E-state index contributed by atoms with van der Waals surface area (Å²) in [6.45, 7) is 12.7. The Bertz CT molecular complexity index is 745. The van der Waals surface area contributed by atoms with Gasteiger partial charge in [-0.05, 0) is 49.5 Å². The summed E-state index contributed by atoms with van der Waals surface area (Å²) in [5, 5.41) is 10.3. The lowest BCUT2D eigenvalue weighted by Gasteiger charge is -2.43. The number of nitrogens with zero attached hydrogens (tertiary/aromatic N) is 3. The molecule has 2 fully saturated rings. The molecule has 0 bridgehead atoms. The van der Waals surface area contributed by atoms with E-state index in [4.69, 9.17) is 0 Å². The molecule has 164 valence electrons. The molecule has 0 spiro atoms. The maximum absolute atomic E-state index is 12.2. The highest BCUT2D eigenvalue weighted by Gasteiger charge is 2.28. The number of allylic oxidation sites excluding steroid dienone is 3. The molecule has 2 heterocycles. The molecular weight excluding hydrogens is 377 g/mol. The molecule has 5 heteroatoms. The molecular formula is C25H36FN3O. The molecule has 1 aromatic carbocycles. The Labute approximate surface area is 181 Å². The minimum absolute atomic E-state index is 0.322. The summed E-state index contributed by atoms with van der Waals surface area (Å²) in [4.78, 5) is 7.48. The first kappa shape index (κ1) is 22.6. The van der Waals surface area contributed by atoms with Crippen molar-refractivity contribution in [3.63, 3.8) is 0 Å². The second kappa shape index (κ2) is 11.3. The first-order chi connectivity index (χ1) is 14.7. The highest BCUT2D eigenvalue weighted by Crippen LogP contribution is 2.32. The normalized spacial score (nSPS) is 19.9. The molecule has 0 saturated carbocycles. The van der Waals surface area contributed by atoms with Gasteiger partial charge in [0.2, 0.25) is 0 Å². The largest absolute Gasteiger partial charge is 0.508 e. The van der Waals surface area contributed by atoms with Crippen molar-refractivity contribution in [2.45, 2.75) is 32.2 Å². The fourth-order valence-electron chi connectivity index (χ4n) is 4.73. The molecule has 0 aromatic heterocycles. The highest BCUT2D eigenvalue weighted by molar-refractivity contribution is 5.69. The number of hydrogen-bond acceptors (Lipinski definition) is 4. The number of piperazine rings is 1. The van der Waals surface area contributed by atoms with E-state index in [1.165, 1.54) is 18.4 Å². The van der Waals surface area contributed by atoms with Gasteiger partial charge in [0.1, 0.15) is 12.4 Å². The quantitative estimate of drug-likeness (QED) is 0.509. The fourth-order valence-corrected chi connectivity index (χ4v) is 4.73. The van der Waals surface area contributed by atoms with Gasteiger partial charge in [0, 0.05) is 50.5 Å². The third-order valence-electron chi connectivity index (χ3n) is 6.36. The van der Waals surface area contributed by atoms with Gasteiger partial charge >= 0.3 is 0 Å². The smallest absolute Gasteiger partial charge is 0.118 e. The van der Waals surface area contributed by atoms with Crippen LogP contribution in [0.25, 0.3) is 6.08 Å². The molecule has 1 aromatic rings. The molecule has 2 saturated heterocycles. The number of phenolic OH excluding ortho intramolecular Hbond substituents is 1. The predicted molar refractivity (Wildman–Crippen MR) is 125 cm³/mol. The van der Waals surface area contributed by atoms with Crippen LogP contribution in [0.5, 0.6) is 5.75 Å². The van der Waals surface area contributed by atoms with Crippen LogP contribution in [0.4, 0.5) is 10.1 Å². The van der Waals surface area contributed by atoms with Crippen LogP contribution in [0.2, 0.25) is 0 Å². The van der Waals surface area contributed by atoms with Gasteiger partial charge in [0.25, 0.3) is 0 Å². The number of rotatable bonds is 8. The number of aromatic hydroxyl groups is 1. The molecule has 0 atom stereocenters. The van der Waals surface area contributed by atoms with Crippen LogP contribution in [-0.4, -0.2) is 73.4 Å². The van der Waals surface area contributed by atoms with Crippen molar-refractivity contribution < 1.29 is 9.50 Å². The van der Waals surface area contributed by atoms with Gasteiger partial charge in [-0.2, -0.15) is 0 Å². The SMILES string of the molecule is C=C/C=C\c1cc(O)cc(N2CCN(C3CCN(C/C=C\CF)CC3)CC2)c1CC. The Morgan fingerprint density at radius 3 is 2.47 bits per heavy atom. The molecule has 30 heavy (non-hydrogen) atoms. The average Bonchev–Trinajstić information content (AvgIpc) is 2.78. The Kier molecular flexibility index (Phi) is 8.52. The van der Waals surface area contributed by atoms with E-state index in [9.17, 15) is 9.50 Å². The number of hydrogen-bond donors (Lipinski definition) is 1. The Morgan fingerprint density at radius 1 is 1.10 bits per heavy atom. The van der Waals surface area contributed by atoms with Crippen LogP contribution in [0.15, 0.2) is 43.0 Å². The number of piperidine rings is 1. The van der Waals surface area contributed by atoms with Crippen molar-refractivity contribution in [3.8, 4) is 5.75 Å². The van der Waals surface area contributed by atoms with Crippen LogP contribution in [-0.2, 0) is 6.42 Å². The van der Waals surface area contributed by atoms with Gasteiger partial charge in [0.05, 0.1) is 0 Å². The first-order valence-electron chi connectivity index (χ1n) is 11.2. The van der Waals surface area contributed by atoms with Gasteiger partial charge in [-0.1, -0.05) is 43.9 Å². The van der Waals surface area contributed by atoms with Crippen molar-refractivity contribution in [2.24, 2.45) is 0 Å². The summed E-state index contributed by atoms with van der Waals surface area (Å²) >= 11 is 0. The molecule has 0 radical (unpaired) electrons. The standard InChI is InChI=1S/C25H36FN3O/c1-3-5-8-21-19-23(30)20-25(24(21)4-2)29-17-15-28(16-18-29)22-9-13-27(14-10-22)12-7-6-11-26/h3,5-8,19-20,22,30H,1,4,9-18H2,2H3/b7-6-,8-5-. The monoisotopic (exact) mass is 413 g/mol. The summed E-state index contributed by atoms with van der Waals surface area (Å²) in [6.07, 6.45) is 12.6. The second-order valence-electron chi connectivity index (χ2n) is 8.16. The van der Waals surface area contributed by atoms with Crippen molar-refractivity contribution in [1.82, 2.24) is 9.80 Å². The van der Waals surface area contributed by atoms with Crippen LogP contribution < -0.4 is 4.90 Å². The van der Waals surface area contributed by atoms with Crippen LogP contribution >= 0.6 is 0 Å². The van der Waals surface area contributed by atoms with Crippen LogP contribution in [0, 0.1) is 0 Å². The minimum Gasteiger partial charge on any atom is -0.508 e. The molecule has 1 N–H and O–H groups in total. The molecule has 2 aliphatic rings. The number of anilines is 1. The summed E-state index contributed by atoms with van der Waals surface area (Å²) in [7, 11) is 0. The molecule has 3 rings (SSSR count).